The topological polar surface area (TPSA) is 85.1 Å². The van der Waals surface area contributed by atoms with Crippen molar-refractivity contribution in [2.45, 2.75) is 31.2 Å². The molecule has 1 atom stereocenters. The van der Waals surface area contributed by atoms with Crippen LogP contribution in [-0.4, -0.2) is 13.4 Å². The third-order valence-electron chi connectivity index (χ3n) is 2.88. The number of aromatic nitrogens is 1. The van der Waals surface area contributed by atoms with Gasteiger partial charge in [-0.25, -0.2) is 18.1 Å². The molecule has 0 saturated heterocycles. The van der Waals surface area contributed by atoms with Gasteiger partial charge in [-0.2, -0.15) is 0 Å². The Morgan fingerprint density at radius 2 is 2.19 bits per heavy atom. The fourth-order valence-corrected chi connectivity index (χ4v) is 4.43. The zero-order valence-corrected chi connectivity index (χ0v) is 14.8. The molecular weight excluding hydrogens is 374 g/mol. The third-order valence-corrected chi connectivity index (χ3v) is 6.32. The van der Waals surface area contributed by atoms with Crippen molar-refractivity contribution in [3.05, 3.63) is 38.8 Å². The quantitative estimate of drug-likeness (QED) is 0.769. The SMILES string of the molecule is CCc1cnc(C(C)NS(=O)(=O)c2ccc(Br)cc2N)s1. The number of nitrogens with two attached hydrogens (primary N) is 1. The van der Waals surface area contributed by atoms with Crippen LogP contribution in [0.15, 0.2) is 33.8 Å². The van der Waals surface area contributed by atoms with Gasteiger partial charge in [0.1, 0.15) is 9.90 Å². The number of benzene rings is 1. The van der Waals surface area contributed by atoms with E-state index in [9.17, 15) is 8.42 Å². The van der Waals surface area contributed by atoms with Crippen LogP contribution in [0.25, 0.3) is 0 Å². The number of nitrogens with zero attached hydrogens (tertiary/aromatic N) is 1. The molecule has 0 bridgehead atoms. The maximum atomic E-state index is 12.4. The Morgan fingerprint density at radius 3 is 2.76 bits per heavy atom. The standard InChI is InChI=1S/C13H16BrN3O2S2/c1-3-10-7-16-13(20-10)8(2)17-21(18,19)12-5-4-9(14)6-11(12)15/h4-8,17H,3,15H2,1-2H3. The molecule has 1 heterocycles. The molecule has 0 aliphatic carbocycles. The number of hydrogen-bond donors (Lipinski definition) is 2. The molecule has 2 aromatic rings. The number of halogens is 1. The maximum Gasteiger partial charge on any atom is 0.243 e. The number of rotatable bonds is 5. The molecule has 0 spiro atoms. The number of hydrogen-bond acceptors (Lipinski definition) is 5. The molecule has 0 aliphatic rings. The summed E-state index contributed by atoms with van der Waals surface area (Å²) in [5.41, 5.74) is 5.99. The molecule has 21 heavy (non-hydrogen) atoms. The molecule has 0 fully saturated rings. The molecule has 1 aromatic heterocycles. The van der Waals surface area contributed by atoms with Crippen molar-refractivity contribution >= 4 is 43.0 Å². The molecule has 0 radical (unpaired) electrons. The molecule has 8 heteroatoms. The minimum absolute atomic E-state index is 0.0739. The largest absolute Gasteiger partial charge is 0.398 e. The first-order valence-corrected chi connectivity index (χ1v) is 9.44. The Morgan fingerprint density at radius 1 is 1.48 bits per heavy atom. The molecule has 3 N–H and O–H groups in total. The number of aryl methyl sites for hydroxylation is 1. The minimum Gasteiger partial charge on any atom is -0.398 e. The molecular formula is C13H16BrN3O2S2. The summed E-state index contributed by atoms with van der Waals surface area (Å²) in [6.07, 6.45) is 2.66. The molecule has 1 unspecified atom stereocenters. The van der Waals surface area contributed by atoms with Crippen molar-refractivity contribution in [1.82, 2.24) is 9.71 Å². The summed E-state index contributed by atoms with van der Waals surface area (Å²) in [6.45, 7) is 3.81. The Bertz CT molecular complexity index is 744. The van der Waals surface area contributed by atoms with Gasteiger partial charge in [0.05, 0.1) is 11.7 Å². The predicted molar refractivity (Wildman–Crippen MR) is 88.8 cm³/mol. The van der Waals surface area contributed by atoms with Crippen LogP contribution < -0.4 is 10.5 Å². The minimum atomic E-state index is -3.68. The second-order valence-electron chi connectivity index (χ2n) is 4.54. The predicted octanol–water partition coefficient (Wildman–Crippen LogP) is 3.09. The molecule has 2 rings (SSSR count). The highest BCUT2D eigenvalue weighted by Gasteiger charge is 2.22. The third kappa shape index (κ3) is 3.82. The molecule has 0 saturated carbocycles. The lowest BCUT2D eigenvalue weighted by atomic mass is 10.3. The number of anilines is 1. The molecule has 1 aromatic carbocycles. The van der Waals surface area contributed by atoms with E-state index in [1.54, 1.807) is 25.3 Å². The second-order valence-corrected chi connectivity index (χ2v) is 8.29. The highest BCUT2D eigenvalue weighted by atomic mass is 79.9. The highest BCUT2D eigenvalue weighted by Crippen LogP contribution is 2.26. The Balaban J connectivity index is 2.24. The summed E-state index contributed by atoms with van der Waals surface area (Å²) in [7, 11) is -3.68. The number of thiazole rings is 1. The zero-order chi connectivity index (χ0) is 15.6. The van der Waals surface area contributed by atoms with Crippen LogP contribution >= 0.6 is 27.3 Å². The van der Waals surface area contributed by atoms with E-state index in [1.165, 1.54) is 17.4 Å². The van der Waals surface area contributed by atoms with Gasteiger partial charge < -0.3 is 5.73 Å². The van der Waals surface area contributed by atoms with Crippen LogP contribution in [0.5, 0.6) is 0 Å². The lowest BCUT2D eigenvalue weighted by molar-refractivity contribution is 0.566. The summed E-state index contributed by atoms with van der Waals surface area (Å²) in [5, 5.41) is 0.742. The monoisotopic (exact) mass is 389 g/mol. The lowest BCUT2D eigenvalue weighted by Crippen LogP contribution is -2.27. The van der Waals surface area contributed by atoms with Crippen molar-refractivity contribution < 1.29 is 8.42 Å². The normalized spacial score (nSPS) is 13.3. The van der Waals surface area contributed by atoms with E-state index in [0.29, 0.717) is 0 Å². The molecule has 0 aliphatic heterocycles. The van der Waals surface area contributed by atoms with Gasteiger partial charge in [-0.1, -0.05) is 22.9 Å². The zero-order valence-electron chi connectivity index (χ0n) is 11.6. The van der Waals surface area contributed by atoms with Gasteiger partial charge in [0.25, 0.3) is 0 Å². The average molecular weight is 390 g/mol. The maximum absolute atomic E-state index is 12.4. The Hall–Kier alpha value is -0.960. The number of nitrogen functional groups attached to an aromatic ring is 1. The number of sulfonamides is 1. The molecule has 0 amide bonds. The van der Waals surface area contributed by atoms with Crippen molar-refractivity contribution in [2.75, 3.05) is 5.73 Å². The summed E-state index contributed by atoms with van der Waals surface area (Å²) >= 11 is 4.76. The lowest BCUT2D eigenvalue weighted by Gasteiger charge is -2.13. The van der Waals surface area contributed by atoms with E-state index in [2.05, 4.69) is 25.6 Å². The van der Waals surface area contributed by atoms with Crippen molar-refractivity contribution in [1.29, 1.82) is 0 Å². The first-order chi connectivity index (χ1) is 9.83. The van der Waals surface area contributed by atoms with Crippen LogP contribution in [0.3, 0.4) is 0 Å². The van der Waals surface area contributed by atoms with Crippen LogP contribution in [0, 0.1) is 0 Å². The van der Waals surface area contributed by atoms with Crippen LogP contribution in [0.4, 0.5) is 5.69 Å². The first-order valence-electron chi connectivity index (χ1n) is 6.35. The summed E-state index contributed by atoms with van der Waals surface area (Å²) in [5.74, 6) is 0. The smallest absolute Gasteiger partial charge is 0.243 e. The van der Waals surface area contributed by atoms with Crippen LogP contribution in [0.2, 0.25) is 0 Å². The highest BCUT2D eigenvalue weighted by molar-refractivity contribution is 9.10. The fourth-order valence-electron chi connectivity index (χ4n) is 1.80. The van der Waals surface area contributed by atoms with Gasteiger partial charge in [0.2, 0.25) is 10.0 Å². The Kier molecular flexibility index (Phi) is 5.03. The fraction of sp³-hybridized carbons (Fsp3) is 0.308. The van der Waals surface area contributed by atoms with Gasteiger partial charge in [-0.05, 0) is 31.5 Å². The Labute approximate surface area is 136 Å². The average Bonchev–Trinajstić information content (AvgIpc) is 2.86. The van der Waals surface area contributed by atoms with Crippen molar-refractivity contribution in [3.63, 3.8) is 0 Å². The van der Waals surface area contributed by atoms with Crippen LogP contribution in [0.1, 0.15) is 29.8 Å². The molecule has 5 nitrogen and oxygen atoms in total. The summed E-state index contributed by atoms with van der Waals surface area (Å²) in [6, 6.07) is 4.29. The van der Waals surface area contributed by atoms with Crippen molar-refractivity contribution in [2.24, 2.45) is 0 Å². The van der Waals surface area contributed by atoms with Gasteiger partial charge in [-0.3, -0.25) is 0 Å². The van der Waals surface area contributed by atoms with E-state index in [1.807, 2.05) is 6.92 Å². The van der Waals surface area contributed by atoms with Gasteiger partial charge in [-0.15, -0.1) is 11.3 Å². The van der Waals surface area contributed by atoms with E-state index in [0.717, 1.165) is 20.8 Å². The first kappa shape index (κ1) is 16.4. The van der Waals surface area contributed by atoms with Crippen molar-refractivity contribution in [3.8, 4) is 0 Å². The van der Waals surface area contributed by atoms with E-state index < -0.39 is 16.1 Å². The molecule has 114 valence electrons. The van der Waals surface area contributed by atoms with Gasteiger partial charge in [0.15, 0.2) is 0 Å². The van der Waals surface area contributed by atoms with Gasteiger partial charge >= 0.3 is 0 Å². The summed E-state index contributed by atoms with van der Waals surface area (Å²) < 4.78 is 28.1. The van der Waals surface area contributed by atoms with E-state index in [4.69, 9.17) is 5.73 Å². The summed E-state index contributed by atoms with van der Waals surface area (Å²) in [4.78, 5) is 5.45. The van der Waals surface area contributed by atoms with Crippen LogP contribution in [-0.2, 0) is 16.4 Å². The number of nitrogens with one attached hydrogen (secondary N) is 1. The van der Waals surface area contributed by atoms with E-state index >= 15 is 0 Å². The van der Waals surface area contributed by atoms with E-state index in [-0.39, 0.29) is 10.6 Å². The second kappa shape index (κ2) is 6.43. The van der Waals surface area contributed by atoms with Gasteiger partial charge in [0, 0.05) is 15.5 Å².